The molecule has 2 aromatic heterocycles. The summed E-state index contributed by atoms with van der Waals surface area (Å²) in [4.78, 5) is 8.98. The quantitative estimate of drug-likeness (QED) is 0.595. The van der Waals surface area contributed by atoms with Gasteiger partial charge in [-0.1, -0.05) is 6.92 Å². The van der Waals surface area contributed by atoms with Crippen molar-refractivity contribution in [3.63, 3.8) is 0 Å². The maximum atomic E-state index is 5.99. The maximum Gasteiger partial charge on any atom is 0.160 e. The van der Waals surface area contributed by atoms with Crippen LogP contribution in [0.1, 0.15) is 32.1 Å². The highest BCUT2D eigenvalue weighted by molar-refractivity contribution is 7.99. The number of rotatable bonds is 6. The first-order valence-corrected chi connectivity index (χ1v) is 7.92. The predicted molar refractivity (Wildman–Crippen MR) is 79.4 cm³/mol. The minimum atomic E-state index is 0.387. The van der Waals surface area contributed by atoms with Gasteiger partial charge in [0, 0.05) is 12.2 Å². The van der Waals surface area contributed by atoms with Gasteiger partial charge in [0.1, 0.15) is 11.3 Å². The van der Waals surface area contributed by atoms with E-state index in [4.69, 9.17) is 11.6 Å². The second-order valence-corrected chi connectivity index (χ2v) is 5.87. The zero-order chi connectivity index (χ0) is 13.0. The molecule has 5 heteroatoms. The van der Waals surface area contributed by atoms with Crippen LogP contribution in [-0.2, 0) is 5.88 Å². The molecule has 18 heavy (non-hydrogen) atoms. The fourth-order valence-electron chi connectivity index (χ4n) is 2.06. The van der Waals surface area contributed by atoms with Gasteiger partial charge in [-0.05, 0) is 37.0 Å². The Morgan fingerprint density at radius 2 is 2.33 bits per heavy atom. The molecule has 0 spiro atoms. The van der Waals surface area contributed by atoms with Crippen LogP contribution < -0.4 is 0 Å². The molecule has 0 aliphatic rings. The minimum absolute atomic E-state index is 0.387. The molecule has 0 amide bonds. The van der Waals surface area contributed by atoms with Crippen LogP contribution in [0, 0.1) is 0 Å². The molecule has 0 N–H and O–H groups in total. The van der Waals surface area contributed by atoms with E-state index in [-0.39, 0.29) is 0 Å². The number of fused-ring (bicyclic) bond motifs is 1. The summed E-state index contributed by atoms with van der Waals surface area (Å²) in [5, 5.41) is 0. The Bertz CT molecular complexity index is 512. The standard InChI is InChI=1S/C13H18ClN3S/c1-3-18-8-6-10(2)17-12(9-14)16-11-5-4-7-15-13(11)17/h4-5,7,10H,3,6,8-9H2,1-2H3. The predicted octanol–water partition coefficient (Wildman–Crippen LogP) is 3.87. The molecule has 1 unspecified atom stereocenters. The van der Waals surface area contributed by atoms with Crippen molar-refractivity contribution in [3.8, 4) is 0 Å². The second-order valence-electron chi connectivity index (χ2n) is 4.21. The lowest BCUT2D eigenvalue weighted by molar-refractivity contribution is 0.530. The number of hydrogen-bond donors (Lipinski definition) is 0. The normalized spacial score (nSPS) is 13.1. The first-order chi connectivity index (χ1) is 8.77. The molecule has 0 aliphatic carbocycles. The maximum absolute atomic E-state index is 5.99. The summed E-state index contributed by atoms with van der Waals surface area (Å²) in [7, 11) is 0. The van der Waals surface area contributed by atoms with E-state index >= 15 is 0 Å². The number of thioether (sulfide) groups is 1. The molecule has 0 radical (unpaired) electrons. The fraction of sp³-hybridized carbons (Fsp3) is 0.538. The van der Waals surface area contributed by atoms with Crippen molar-refractivity contribution in [3.05, 3.63) is 24.2 Å². The SMILES string of the molecule is CCSCCC(C)n1c(CCl)nc2cccnc21. The average Bonchev–Trinajstić information content (AvgIpc) is 2.77. The van der Waals surface area contributed by atoms with Gasteiger partial charge in [0.15, 0.2) is 5.65 Å². The summed E-state index contributed by atoms with van der Waals surface area (Å²) in [6, 6.07) is 4.29. The van der Waals surface area contributed by atoms with Crippen LogP contribution in [-0.4, -0.2) is 26.0 Å². The lowest BCUT2D eigenvalue weighted by Crippen LogP contribution is -2.10. The van der Waals surface area contributed by atoms with Crippen molar-refractivity contribution in [2.75, 3.05) is 11.5 Å². The zero-order valence-corrected chi connectivity index (χ0v) is 12.3. The molecule has 0 bridgehead atoms. The molecule has 1 atom stereocenters. The van der Waals surface area contributed by atoms with Crippen LogP contribution in [0.4, 0.5) is 0 Å². The molecule has 2 heterocycles. The molecular formula is C13H18ClN3S. The summed E-state index contributed by atoms with van der Waals surface area (Å²) in [6.07, 6.45) is 2.93. The summed E-state index contributed by atoms with van der Waals surface area (Å²) < 4.78 is 2.18. The largest absolute Gasteiger partial charge is 0.309 e. The highest BCUT2D eigenvalue weighted by Gasteiger charge is 2.15. The van der Waals surface area contributed by atoms with Gasteiger partial charge in [-0.2, -0.15) is 11.8 Å². The smallest absolute Gasteiger partial charge is 0.160 e. The van der Waals surface area contributed by atoms with E-state index in [9.17, 15) is 0 Å². The van der Waals surface area contributed by atoms with Gasteiger partial charge < -0.3 is 4.57 Å². The van der Waals surface area contributed by atoms with Gasteiger partial charge in [-0.25, -0.2) is 9.97 Å². The first kappa shape index (κ1) is 13.7. The number of halogens is 1. The highest BCUT2D eigenvalue weighted by atomic mass is 35.5. The topological polar surface area (TPSA) is 30.7 Å². The van der Waals surface area contributed by atoms with Crippen molar-refractivity contribution in [1.82, 2.24) is 14.5 Å². The summed E-state index contributed by atoms with van der Waals surface area (Å²) in [6.45, 7) is 4.40. The molecule has 98 valence electrons. The summed E-state index contributed by atoms with van der Waals surface area (Å²) in [5.41, 5.74) is 1.88. The van der Waals surface area contributed by atoms with Crippen LogP contribution >= 0.6 is 23.4 Å². The van der Waals surface area contributed by atoms with E-state index < -0.39 is 0 Å². The highest BCUT2D eigenvalue weighted by Crippen LogP contribution is 2.23. The Morgan fingerprint density at radius 1 is 1.50 bits per heavy atom. The molecule has 3 nitrogen and oxygen atoms in total. The van der Waals surface area contributed by atoms with Crippen LogP contribution in [0.15, 0.2) is 18.3 Å². The van der Waals surface area contributed by atoms with E-state index in [1.807, 2.05) is 30.1 Å². The van der Waals surface area contributed by atoms with Gasteiger partial charge in [0.05, 0.1) is 5.88 Å². The van der Waals surface area contributed by atoms with Crippen molar-refractivity contribution < 1.29 is 0 Å². The molecule has 0 fully saturated rings. The Kier molecular flexibility index (Phi) is 4.89. The minimum Gasteiger partial charge on any atom is -0.309 e. The van der Waals surface area contributed by atoms with Crippen LogP contribution in [0.3, 0.4) is 0 Å². The number of aromatic nitrogens is 3. The molecular weight excluding hydrogens is 266 g/mol. The molecule has 2 rings (SSSR count). The monoisotopic (exact) mass is 283 g/mol. The molecule has 0 saturated heterocycles. The first-order valence-electron chi connectivity index (χ1n) is 6.23. The Morgan fingerprint density at radius 3 is 3.06 bits per heavy atom. The third kappa shape index (κ3) is 2.81. The van der Waals surface area contributed by atoms with Gasteiger partial charge >= 0.3 is 0 Å². The zero-order valence-electron chi connectivity index (χ0n) is 10.8. The summed E-state index contributed by atoms with van der Waals surface area (Å²) >= 11 is 7.96. The molecule has 0 aromatic carbocycles. The number of nitrogens with zero attached hydrogens (tertiary/aromatic N) is 3. The Balaban J connectivity index is 2.29. The average molecular weight is 284 g/mol. The molecule has 2 aromatic rings. The van der Waals surface area contributed by atoms with E-state index in [1.54, 1.807) is 0 Å². The number of alkyl halides is 1. The van der Waals surface area contributed by atoms with Crippen molar-refractivity contribution in [1.29, 1.82) is 0 Å². The van der Waals surface area contributed by atoms with Gasteiger partial charge in [0.25, 0.3) is 0 Å². The van der Waals surface area contributed by atoms with Gasteiger partial charge in [-0.15, -0.1) is 11.6 Å². The summed E-state index contributed by atoms with van der Waals surface area (Å²) in [5.74, 6) is 3.67. The number of hydrogen-bond acceptors (Lipinski definition) is 3. The molecule has 0 saturated carbocycles. The number of pyridine rings is 1. The lowest BCUT2D eigenvalue weighted by atomic mass is 10.2. The van der Waals surface area contributed by atoms with Crippen molar-refractivity contribution >= 4 is 34.5 Å². The second kappa shape index (κ2) is 6.43. The van der Waals surface area contributed by atoms with Gasteiger partial charge in [0.2, 0.25) is 0 Å². The van der Waals surface area contributed by atoms with E-state index in [0.717, 1.165) is 34.9 Å². The van der Waals surface area contributed by atoms with Gasteiger partial charge in [-0.3, -0.25) is 0 Å². The number of imidazole rings is 1. The van der Waals surface area contributed by atoms with E-state index in [1.165, 1.54) is 0 Å². The lowest BCUT2D eigenvalue weighted by Gasteiger charge is -2.15. The third-order valence-corrected chi connectivity index (χ3v) is 4.14. The molecule has 0 aliphatic heterocycles. The fourth-order valence-corrected chi connectivity index (χ4v) is 3.05. The van der Waals surface area contributed by atoms with Crippen LogP contribution in [0.5, 0.6) is 0 Å². The van der Waals surface area contributed by atoms with Crippen LogP contribution in [0.2, 0.25) is 0 Å². The van der Waals surface area contributed by atoms with Crippen molar-refractivity contribution in [2.45, 2.75) is 32.2 Å². The van der Waals surface area contributed by atoms with Crippen LogP contribution in [0.25, 0.3) is 11.2 Å². The third-order valence-electron chi connectivity index (χ3n) is 2.97. The van der Waals surface area contributed by atoms with E-state index in [0.29, 0.717) is 11.9 Å². The van der Waals surface area contributed by atoms with E-state index in [2.05, 4.69) is 28.4 Å². The Labute approximate surface area is 117 Å². The van der Waals surface area contributed by atoms with Crippen molar-refractivity contribution in [2.24, 2.45) is 0 Å². The Hall–Kier alpha value is -0.740.